The number of rotatable bonds is 15. The summed E-state index contributed by atoms with van der Waals surface area (Å²) in [6, 6.07) is 0. The van der Waals surface area contributed by atoms with Gasteiger partial charge in [0.05, 0.1) is 0 Å². The highest BCUT2D eigenvalue weighted by Gasteiger charge is 1.93. The Bertz CT molecular complexity index is 118. The van der Waals surface area contributed by atoms with E-state index in [-0.39, 0.29) is 0 Å². The Morgan fingerprint density at radius 3 is 1.72 bits per heavy atom. The predicted octanol–water partition coefficient (Wildman–Crippen LogP) is 5.74. The lowest BCUT2D eigenvalue weighted by Gasteiger charge is -2.04. The van der Waals surface area contributed by atoms with Gasteiger partial charge in [-0.3, -0.25) is 0 Å². The van der Waals surface area contributed by atoms with Crippen LogP contribution in [0.25, 0.3) is 0 Å². The predicted molar refractivity (Wildman–Crippen MR) is 81.6 cm³/mol. The van der Waals surface area contributed by atoms with E-state index in [1.54, 1.807) is 0 Å². The van der Waals surface area contributed by atoms with E-state index >= 15 is 0 Å². The molecule has 0 unspecified atom stereocenters. The first-order valence-corrected chi connectivity index (χ1v) is 8.10. The summed E-state index contributed by atoms with van der Waals surface area (Å²) in [7, 11) is 0. The summed E-state index contributed by atoms with van der Waals surface area (Å²) in [5.74, 6) is 0. The Labute approximate surface area is 116 Å². The molecule has 0 heterocycles. The van der Waals surface area contributed by atoms with Crippen LogP contribution in [0.15, 0.2) is 0 Å². The molecule has 0 aliphatic heterocycles. The van der Waals surface area contributed by atoms with Crippen LogP contribution in [0, 0.1) is 13.3 Å². The molecule has 0 rings (SSSR count). The van der Waals surface area contributed by atoms with Crippen molar-refractivity contribution in [2.24, 2.45) is 0 Å². The van der Waals surface area contributed by atoms with Crippen LogP contribution in [0.2, 0.25) is 0 Å². The van der Waals surface area contributed by atoms with Crippen molar-refractivity contribution >= 4 is 0 Å². The fourth-order valence-corrected chi connectivity index (χ4v) is 2.14. The highest BCUT2D eigenvalue weighted by atomic mass is 16.5. The minimum absolute atomic E-state index is 0.848. The molecule has 0 N–H and O–H groups in total. The molecule has 0 atom stereocenters. The van der Waals surface area contributed by atoms with Gasteiger partial charge < -0.3 is 4.74 Å². The molecule has 2 radical (unpaired) electrons. The van der Waals surface area contributed by atoms with E-state index in [0.29, 0.717) is 0 Å². The molecule has 0 amide bonds. The van der Waals surface area contributed by atoms with E-state index in [2.05, 4.69) is 13.8 Å². The fraction of sp³-hybridized carbons (Fsp3) is 0.882. The minimum atomic E-state index is 0.848. The van der Waals surface area contributed by atoms with Gasteiger partial charge in [0.25, 0.3) is 0 Å². The third-order valence-corrected chi connectivity index (χ3v) is 3.36. The molecule has 0 aromatic carbocycles. The molecule has 18 heavy (non-hydrogen) atoms. The van der Waals surface area contributed by atoms with Crippen molar-refractivity contribution in [3.63, 3.8) is 0 Å². The first-order chi connectivity index (χ1) is 8.91. The van der Waals surface area contributed by atoms with Crippen molar-refractivity contribution in [3.05, 3.63) is 13.3 Å². The first kappa shape index (κ1) is 18.0. The van der Waals surface area contributed by atoms with Gasteiger partial charge in [0, 0.05) is 13.2 Å². The molecule has 1 heteroatoms. The molecule has 108 valence electrons. The monoisotopic (exact) mass is 254 g/mol. The second-order valence-electron chi connectivity index (χ2n) is 5.23. The van der Waals surface area contributed by atoms with Crippen molar-refractivity contribution in [3.8, 4) is 0 Å². The zero-order valence-electron chi connectivity index (χ0n) is 12.6. The summed E-state index contributed by atoms with van der Waals surface area (Å²) in [6.45, 7) is 7.74. The minimum Gasteiger partial charge on any atom is -0.381 e. The topological polar surface area (TPSA) is 9.23 Å². The van der Waals surface area contributed by atoms with Crippen LogP contribution in [0.4, 0.5) is 0 Å². The van der Waals surface area contributed by atoms with E-state index in [0.717, 1.165) is 19.6 Å². The van der Waals surface area contributed by atoms with Crippen LogP contribution in [-0.2, 0) is 4.74 Å². The smallest absolute Gasteiger partial charge is 0.0468 e. The third kappa shape index (κ3) is 16.0. The number of hydrogen-bond acceptors (Lipinski definition) is 1. The zero-order chi connectivity index (χ0) is 13.3. The highest BCUT2D eigenvalue weighted by Crippen LogP contribution is 2.11. The maximum absolute atomic E-state index is 5.49. The van der Waals surface area contributed by atoms with Crippen LogP contribution < -0.4 is 0 Å². The molecule has 0 saturated heterocycles. The lowest BCUT2D eigenvalue weighted by atomic mass is 10.1. The molecule has 0 fully saturated rings. The molecular weight excluding hydrogens is 220 g/mol. The van der Waals surface area contributed by atoms with Gasteiger partial charge in [0.1, 0.15) is 0 Å². The Morgan fingerprint density at radius 2 is 1.22 bits per heavy atom. The van der Waals surface area contributed by atoms with Gasteiger partial charge in [-0.25, -0.2) is 0 Å². The second-order valence-corrected chi connectivity index (χ2v) is 5.23. The Hall–Kier alpha value is -0.0400. The van der Waals surface area contributed by atoms with Crippen LogP contribution in [0.1, 0.15) is 84.0 Å². The average Bonchev–Trinajstić information content (AvgIpc) is 2.39. The molecular formula is C17H34O. The molecule has 1 nitrogen and oxygen atoms in total. The molecule has 0 aromatic rings. The van der Waals surface area contributed by atoms with Crippen molar-refractivity contribution in [2.75, 3.05) is 13.2 Å². The SMILES string of the molecule is [CH2][CH]CCOCCCCCCCCCCCCC. The lowest BCUT2D eigenvalue weighted by Crippen LogP contribution is -1.96. The highest BCUT2D eigenvalue weighted by molar-refractivity contribution is 4.64. The normalized spacial score (nSPS) is 11.0. The quantitative estimate of drug-likeness (QED) is 0.338. The maximum atomic E-state index is 5.49. The summed E-state index contributed by atoms with van der Waals surface area (Å²) in [5, 5.41) is 0. The molecule has 0 bridgehead atoms. The van der Waals surface area contributed by atoms with Crippen molar-refractivity contribution in [1.29, 1.82) is 0 Å². The number of unbranched alkanes of at least 4 members (excludes halogenated alkanes) is 11. The Kier molecular flexibility index (Phi) is 16.9. The summed E-state index contributed by atoms with van der Waals surface area (Å²) in [5.41, 5.74) is 0. The van der Waals surface area contributed by atoms with Gasteiger partial charge in [-0.1, -0.05) is 71.1 Å². The molecule has 0 aliphatic carbocycles. The van der Waals surface area contributed by atoms with Crippen LogP contribution in [-0.4, -0.2) is 13.2 Å². The van der Waals surface area contributed by atoms with Gasteiger partial charge in [0.15, 0.2) is 0 Å². The van der Waals surface area contributed by atoms with E-state index in [1.807, 2.05) is 6.42 Å². The average molecular weight is 254 g/mol. The first-order valence-electron chi connectivity index (χ1n) is 8.10. The summed E-state index contributed by atoms with van der Waals surface area (Å²) < 4.78 is 5.49. The number of ether oxygens (including phenoxy) is 1. The van der Waals surface area contributed by atoms with E-state index in [4.69, 9.17) is 4.74 Å². The van der Waals surface area contributed by atoms with Crippen LogP contribution in [0.3, 0.4) is 0 Å². The van der Waals surface area contributed by atoms with Gasteiger partial charge in [0.2, 0.25) is 0 Å². The lowest BCUT2D eigenvalue weighted by molar-refractivity contribution is 0.132. The van der Waals surface area contributed by atoms with E-state index in [1.165, 1.54) is 70.6 Å². The number of hydrogen-bond donors (Lipinski definition) is 0. The van der Waals surface area contributed by atoms with Gasteiger partial charge in [-0.2, -0.15) is 0 Å². The van der Waals surface area contributed by atoms with Crippen LogP contribution in [0.5, 0.6) is 0 Å². The van der Waals surface area contributed by atoms with Crippen LogP contribution >= 0.6 is 0 Å². The molecule has 0 aromatic heterocycles. The van der Waals surface area contributed by atoms with Crippen molar-refractivity contribution in [1.82, 2.24) is 0 Å². The molecule has 0 saturated carbocycles. The van der Waals surface area contributed by atoms with Crippen molar-refractivity contribution < 1.29 is 4.74 Å². The third-order valence-electron chi connectivity index (χ3n) is 3.36. The zero-order valence-corrected chi connectivity index (χ0v) is 12.6. The fourth-order valence-electron chi connectivity index (χ4n) is 2.14. The maximum Gasteiger partial charge on any atom is 0.0468 e. The second kappa shape index (κ2) is 17.0. The van der Waals surface area contributed by atoms with E-state index in [9.17, 15) is 0 Å². The Morgan fingerprint density at radius 1 is 0.722 bits per heavy atom. The van der Waals surface area contributed by atoms with Gasteiger partial charge in [-0.15, -0.1) is 0 Å². The molecule has 0 spiro atoms. The summed E-state index contributed by atoms with van der Waals surface area (Å²) >= 11 is 0. The van der Waals surface area contributed by atoms with Crippen molar-refractivity contribution in [2.45, 2.75) is 84.0 Å². The standard InChI is InChI=1S/C17H34O/c1-3-5-7-8-9-10-11-12-13-14-15-17-18-16-6-4-2/h4H,2-3,5-17H2,1H3. The molecule has 0 aliphatic rings. The Balaban J connectivity index is 2.86. The largest absolute Gasteiger partial charge is 0.381 e. The summed E-state index contributed by atoms with van der Waals surface area (Å²) in [6.07, 6.45) is 18.3. The summed E-state index contributed by atoms with van der Waals surface area (Å²) in [4.78, 5) is 0. The van der Waals surface area contributed by atoms with Gasteiger partial charge >= 0.3 is 0 Å². The van der Waals surface area contributed by atoms with Gasteiger partial charge in [-0.05, 0) is 26.2 Å². The van der Waals surface area contributed by atoms with E-state index < -0.39 is 0 Å².